The molecular formula is C11H23N. The Morgan fingerprint density at radius 2 is 1.25 bits per heavy atom. The van der Waals surface area contributed by atoms with Crippen molar-refractivity contribution in [1.29, 1.82) is 0 Å². The molecule has 0 bridgehead atoms. The third-order valence-electron chi connectivity index (χ3n) is 3.61. The molecule has 2 atom stereocenters. The molecule has 0 aromatic rings. The second-order valence-electron chi connectivity index (χ2n) is 4.73. The molecule has 1 saturated carbocycles. The van der Waals surface area contributed by atoms with E-state index in [1.54, 1.807) is 0 Å². The Bertz CT molecular complexity index is 119. The molecule has 0 spiro atoms. The summed E-state index contributed by atoms with van der Waals surface area (Å²) in [5, 5.41) is 0. The van der Waals surface area contributed by atoms with E-state index in [0.29, 0.717) is 0 Å². The van der Waals surface area contributed by atoms with Crippen LogP contribution in [0.25, 0.3) is 0 Å². The zero-order valence-electron chi connectivity index (χ0n) is 9.01. The van der Waals surface area contributed by atoms with Crippen molar-refractivity contribution >= 4 is 0 Å². The highest BCUT2D eigenvalue weighted by molar-refractivity contribution is 4.76. The second-order valence-corrected chi connectivity index (χ2v) is 4.73. The Labute approximate surface area is 77.1 Å². The summed E-state index contributed by atoms with van der Waals surface area (Å²) in [6, 6.07) is 0.845. The van der Waals surface area contributed by atoms with Gasteiger partial charge in [-0.15, -0.1) is 0 Å². The van der Waals surface area contributed by atoms with E-state index in [1.165, 1.54) is 25.7 Å². The first-order chi connectivity index (χ1) is 5.61. The van der Waals surface area contributed by atoms with E-state index in [-0.39, 0.29) is 0 Å². The molecule has 1 aliphatic rings. The van der Waals surface area contributed by atoms with Crippen molar-refractivity contribution < 1.29 is 0 Å². The van der Waals surface area contributed by atoms with Crippen LogP contribution >= 0.6 is 0 Å². The van der Waals surface area contributed by atoms with E-state index in [2.05, 4.69) is 32.8 Å². The molecule has 0 aliphatic heterocycles. The molecule has 12 heavy (non-hydrogen) atoms. The molecule has 0 radical (unpaired) electrons. The van der Waals surface area contributed by atoms with Crippen LogP contribution in [0, 0.1) is 11.8 Å². The van der Waals surface area contributed by atoms with E-state index in [0.717, 1.165) is 17.9 Å². The Morgan fingerprint density at radius 3 is 1.58 bits per heavy atom. The SMILES string of the molecule is CC1CCC(N(C)C)CCC1C. The van der Waals surface area contributed by atoms with Gasteiger partial charge < -0.3 is 4.90 Å². The molecule has 0 heterocycles. The van der Waals surface area contributed by atoms with Crippen molar-refractivity contribution in [3.05, 3.63) is 0 Å². The van der Waals surface area contributed by atoms with Gasteiger partial charge in [0.15, 0.2) is 0 Å². The summed E-state index contributed by atoms with van der Waals surface area (Å²) < 4.78 is 0. The van der Waals surface area contributed by atoms with E-state index >= 15 is 0 Å². The molecule has 72 valence electrons. The Kier molecular flexibility index (Phi) is 3.57. The lowest BCUT2D eigenvalue weighted by Gasteiger charge is -2.22. The van der Waals surface area contributed by atoms with Crippen LogP contribution in [0.1, 0.15) is 39.5 Å². The van der Waals surface area contributed by atoms with Crippen LogP contribution in [0.5, 0.6) is 0 Å². The van der Waals surface area contributed by atoms with E-state index in [4.69, 9.17) is 0 Å². The third kappa shape index (κ3) is 2.48. The summed E-state index contributed by atoms with van der Waals surface area (Å²) in [6.45, 7) is 4.81. The Morgan fingerprint density at radius 1 is 0.833 bits per heavy atom. The molecule has 0 N–H and O–H groups in total. The smallest absolute Gasteiger partial charge is 0.00893 e. The fourth-order valence-corrected chi connectivity index (χ4v) is 2.14. The minimum Gasteiger partial charge on any atom is -0.306 e. The standard InChI is InChI=1S/C11H23N/c1-9-5-7-11(12(3)4)8-6-10(9)2/h9-11H,5-8H2,1-4H3. The number of hydrogen-bond acceptors (Lipinski definition) is 1. The lowest BCUT2D eigenvalue weighted by atomic mass is 9.92. The molecule has 2 unspecified atom stereocenters. The van der Waals surface area contributed by atoms with Gasteiger partial charge in [0.1, 0.15) is 0 Å². The van der Waals surface area contributed by atoms with Gasteiger partial charge in [-0.1, -0.05) is 13.8 Å². The highest BCUT2D eigenvalue weighted by Gasteiger charge is 2.22. The van der Waals surface area contributed by atoms with Crippen LogP contribution in [0.3, 0.4) is 0 Å². The Hall–Kier alpha value is -0.0400. The molecule has 0 amide bonds. The maximum Gasteiger partial charge on any atom is 0.00893 e. The summed E-state index contributed by atoms with van der Waals surface area (Å²) in [5.41, 5.74) is 0. The number of nitrogens with zero attached hydrogens (tertiary/aromatic N) is 1. The molecule has 1 aliphatic carbocycles. The normalized spacial score (nSPS) is 38.2. The van der Waals surface area contributed by atoms with Gasteiger partial charge in [0.25, 0.3) is 0 Å². The predicted octanol–water partition coefficient (Wildman–Crippen LogP) is 2.76. The van der Waals surface area contributed by atoms with Gasteiger partial charge >= 0.3 is 0 Å². The van der Waals surface area contributed by atoms with E-state index in [1.807, 2.05) is 0 Å². The van der Waals surface area contributed by atoms with Crippen molar-refractivity contribution in [2.45, 2.75) is 45.6 Å². The van der Waals surface area contributed by atoms with Crippen LogP contribution in [0.4, 0.5) is 0 Å². The molecule has 1 nitrogen and oxygen atoms in total. The molecule has 1 rings (SSSR count). The second kappa shape index (κ2) is 4.27. The number of rotatable bonds is 1. The van der Waals surface area contributed by atoms with E-state index in [9.17, 15) is 0 Å². The first kappa shape index (κ1) is 10.0. The van der Waals surface area contributed by atoms with Gasteiger partial charge in [0.2, 0.25) is 0 Å². The summed E-state index contributed by atoms with van der Waals surface area (Å²) in [7, 11) is 4.43. The van der Waals surface area contributed by atoms with Crippen molar-refractivity contribution in [3.8, 4) is 0 Å². The fraction of sp³-hybridized carbons (Fsp3) is 1.00. The van der Waals surface area contributed by atoms with Gasteiger partial charge in [-0.2, -0.15) is 0 Å². The molecule has 0 aromatic heterocycles. The van der Waals surface area contributed by atoms with Crippen molar-refractivity contribution in [2.75, 3.05) is 14.1 Å². The van der Waals surface area contributed by atoms with Crippen LogP contribution in [0.15, 0.2) is 0 Å². The van der Waals surface area contributed by atoms with Crippen LogP contribution in [-0.2, 0) is 0 Å². The predicted molar refractivity (Wildman–Crippen MR) is 54.3 cm³/mol. The Balaban J connectivity index is 2.44. The molecule has 0 aromatic carbocycles. The van der Waals surface area contributed by atoms with Crippen LogP contribution < -0.4 is 0 Å². The van der Waals surface area contributed by atoms with Crippen LogP contribution in [-0.4, -0.2) is 25.0 Å². The fourth-order valence-electron chi connectivity index (χ4n) is 2.14. The van der Waals surface area contributed by atoms with Gasteiger partial charge in [-0.3, -0.25) is 0 Å². The van der Waals surface area contributed by atoms with Gasteiger partial charge in [0, 0.05) is 6.04 Å². The largest absolute Gasteiger partial charge is 0.306 e. The molecule has 1 heteroatoms. The summed E-state index contributed by atoms with van der Waals surface area (Å²) in [6.07, 6.45) is 5.64. The van der Waals surface area contributed by atoms with Crippen molar-refractivity contribution in [3.63, 3.8) is 0 Å². The zero-order chi connectivity index (χ0) is 9.14. The van der Waals surface area contributed by atoms with Gasteiger partial charge in [0.05, 0.1) is 0 Å². The topological polar surface area (TPSA) is 3.24 Å². The van der Waals surface area contributed by atoms with E-state index < -0.39 is 0 Å². The van der Waals surface area contributed by atoms with Gasteiger partial charge in [-0.25, -0.2) is 0 Å². The van der Waals surface area contributed by atoms with Crippen LogP contribution in [0.2, 0.25) is 0 Å². The summed E-state index contributed by atoms with van der Waals surface area (Å²) in [4.78, 5) is 2.39. The molecule has 1 fully saturated rings. The molecule has 0 saturated heterocycles. The van der Waals surface area contributed by atoms with Crippen molar-refractivity contribution in [2.24, 2.45) is 11.8 Å². The summed E-state index contributed by atoms with van der Waals surface area (Å²) in [5.74, 6) is 1.88. The van der Waals surface area contributed by atoms with Crippen molar-refractivity contribution in [1.82, 2.24) is 4.90 Å². The quantitative estimate of drug-likeness (QED) is 0.546. The third-order valence-corrected chi connectivity index (χ3v) is 3.61. The monoisotopic (exact) mass is 169 g/mol. The average molecular weight is 169 g/mol. The lowest BCUT2D eigenvalue weighted by Crippen LogP contribution is -2.27. The lowest BCUT2D eigenvalue weighted by molar-refractivity contribution is 0.264. The first-order valence-corrected chi connectivity index (χ1v) is 5.27. The zero-order valence-corrected chi connectivity index (χ0v) is 9.01. The summed E-state index contributed by atoms with van der Waals surface area (Å²) >= 11 is 0. The maximum atomic E-state index is 2.41. The minimum atomic E-state index is 0.845. The highest BCUT2D eigenvalue weighted by atomic mass is 15.1. The highest BCUT2D eigenvalue weighted by Crippen LogP contribution is 2.29. The number of hydrogen-bond donors (Lipinski definition) is 0. The van der Waals surface area contributed by atoms with Gasteiger partial charge in [-0.05, 0) is 51.6 Å². The first-order valence-electron chi connectivity index (χ1n) is 5.27. The minimum absolute atomic E-state index is 0.845. The average Bonchev–Trinajstić information content (AvgIpc) is 2.16. The molecular weight excluding hydrogens is 146 g/mol. The maximum absolute atomic E-state index is 2.41.